The maximum absolute atomic E-state index is 14.1. The molecule has 5 aromatic heterocycles. The summed E-state index contributed by atoms with van der Waals surface area (Å²) in [5, 5.41) is 0. The zero-order valence-electron chi connectivity index (χ0n) is 91.6. The monoisotopic (exact) mass is 1880 g/mol. The van der Waals surface area contributed by atoms with Crippen molar-refractivity contribution < 1.29 is 31.6 Å². The lowest BCUT2D eigenvalue weighted by Crippen LogP contribution is -2.53. The molecule has 0 unspecified atom stereocenters. The molecule has 0 amide bonds. The van der Waals surface area contributed by atoms with Gasteiger partial charge in [-0.2, -0.15) is 22.8 Å². The summed E-state index contributed by atoms with van der Waals surface area (Å²) < 4.78 is 39.9. The number of hydrogen-bond acceptors (Lipinski definition) is 5. The lowest BCUT2D eigenvalue weighted by atomic mass is 9.82. The summed E-state index contributed by atoms with van der Waals surface area (Å²) >= 11 is 0. The Balaban J connectivity index is 0.000000149. The molecular formula is C129H155F2N10+5. The van der Waals surface area contributed by atoms with Crippen molar-refractivity contribution in [3.05, 3.63) is 346 Å². The van der Waals surface area contributed by atoms with Gasteiger partial charge in [0.15, 0.2) is 39.3 Å². The van der Waals surface area contributed by atoms with Crippen molar-refractivity contribution in [1.82, 2.24) is 24.9 Å². The number of benzene rings is 12. The summed E-state index contributed by atoms with van der Waals surface area (Å²) in [5.41, 5.74) is 40.2. The van der Waals surface area contributed by atoms with Gasteiger partial charge in [0.25, 0.3) is 0 Å². The largest absolute Gasteiger partial charge is 0.240 e. The fraction of sp³-hybridized carbons (Fsp3) is 0.364. The van der Waals surface area contributed by atoms with Gasteiger partial charge in [-0.25, -0.2) is 33.7 Å². The summed E-state index contributed by atoms with van der Waals surface area (Å²) in [6.45, 7) is 82.4. The maximum Gasteiger partial charge on any atom is 0.240 e. The van der Waals surface area contributed by atoms with E-state index in [0.29, 0.717) is 11.0 Å². The van der Waals surface area contributed by atoms with E-state index in [-0.39, 0.29) is 54.8 Å². The first kappa shape index (κ1) is 106. The van der Waals surface area contributed by atoms with Crippen LogP contribution in [0.5, 0.6) is 0 Å². The van der Waals surface area contributed by atoms with E-state index < -0.39 is 11.6 Å². The molecule has 12 aromatic carbocycles. The molecular weight excluding hydrogens is 1730 g/mol. The molecule has 0 spiro atoms. The Labute approximate surface area is 841 Å². The molecule has 10 nitrogen and oxygen atoms in total. The van der Waals surface area contributed by atoms with Gasteiger partial charge in [0, 0.05) is 145 Å². The van der Waals surface area contributed by atoms with Crippen molar-refractivity contribution in [2.45, 2.75) is 311 Å². The Hall–Kier alpha value is -12.8. The lowest BCUT2D eigenvalue weighted by Gasteiger charge is -2.26. The van der Waals surface area contributed by atoms with Gasteiger partial charge in [-0.05, 0) is 180 Å². The summed E-state index contributed by atoms with van der Waals surface area (Å²) in [6.07, 6.45) is 0. The number of nitrogens with zero attached hydrogens (tertiary/aromatic N) is 10. The number of rotatable bonds is 7. The Kier molecular flexibility index (Phi) is 29.9. The van der Waals surface area contributed by atoms with Crippen LogP contribution in [0.25, 0.3) is 134 Å². The first-order valence-electron chi connectivity index (χ1n) is 50.3. The normalized spacial score (nSPS) is 12.5. The molecule has 0 aliphatic rings. The van der Waals surface area contributed by atoms with Gasteiger partial charge in [0.05, 0.1) is 33.9 Å². The number of hydrogen-bond donors (Lipinski definition) is 0. The third-order valence-electron chi connectivity index (χ3n) is 26.5. The predicted molar refractivity (Wildman–Crippen MR) is 589 cm³/mol. The number of fused-ring (bicyclic) bond motifs is 5. The van der Waals surface area contributed by atoms with E-state index in [0.717, 1.165) is 78.4 Å². The highest BCUT2D eigenvalue weighted by Crippen LogP contribution is 2.44. The highest BCUT2D eigenvalue weighted by molar-refractivity contribution is 5.87. The fourth-order valence-electron chi connectivity index (χ4n) is 20.0. The lowest BCUT2D eigenvalue weighted by molar-refractivity contribution is -0.721. The minimum Gasteiger partial charge on any atom is -0.240 e. The Morgan fingerprint density at radius 2 is 0.397 bits per heavy atom. The zero-order chi connectivity index (χ0) is 103. The van der Waals surface area contributed by atoms with Crippen molar-refractivity contribution in [2.75, 3.05) is 0 Å². The molecule has 12 heteroatoms. The highest BCUT2D eigenvalue weighted by Gasteiger charge is 2.43. The molecule has 17 rings (SSSR count). The van der Waals surface area contributed by atoms with Gasteiger partial charge in [-0.1, -0.05) is 280 Å². The second-order valence-corrected chi connectivity index (χ2v) is 48.6. The van der Waals surface area contributed by atoms with Crippen molar-refractivity contribution in [3.8, 4) is 78.8 Å². The van der Waals surface area contributed by atoms with Crippen LogP contribution in [0, 0.1) is 60.1 Å². The highest BCUT2D eigenvalue weighted by atomic mass is 19.2. The molecule has 0 saturated carbocycles. The van der Waals surface area contributed by atoms with Gasteiger partial charge in [0.2, 0.25) is 56.1 Å². The number of aryl methyl sites for hydroxylation is 7. The van der Waals surface area contributed by atoms with Crippen LogP contribution in [-0.4, -0.2) is 24.9 Å². The van der Waals surface area contributed by atoms with Gasteiger partial charge >= 0.3 is 0 Å². The van der Waals surface area contributed by atoms with E-state index in [4.69, 9.17) is 19.9 Å². The molecule has 5 heterocycles. The third-order valence-corrected chi connectivity index (χ3v) is 26.5. The summed E-state index contributed by atoms with van der Waals surface area (Å²) in [4.78, 5) is 25.1. The standard InChI is InChI=1S/C30H35N2.C28H31N2.C25H33N2.C23H27F2N2.C23H29N2/c1-20-18-25-26(19-21(20)2)32(30(6,7)8)28(27(31-25)22-14-10-9-11-15-22)23-16-12-13-17-24(23)29(3,4)5;1-27(2,3)22-17-11-10-16-21(22)26-25(20-14-8-7-9-15-20)29-23-18-12-13-19-24(23)30(26)28(4,5)6;1-16-14-21-22(15-17(16)2)27(25(7,8)9)23(18(3)26-21)19-12-10-11-13-20(19)24(4,5)6;1-14-21(15-10-8-9-11-16(15)22(2,3)4)27(23(5,6)7)20-13-18(25)17(24)12-19(20)26-14;1-16-21(17-12-8-9-13-18(17)22(2,3)4)25(23(5,6)7)20-15-11-10-14-19(20)24-16/h9-19H,1-8H3;7-19H,1-6H3;10-15H,1-9H3;8-13H,1-7H3;8-15H,1-7H3/q5*+1. The van der Waals surface area contributed by atoms with Crippen molar-refractivity contribution in [1.29, 1.82) is 0 Å². The van der Waals surface area contributed by atoms with Gasteiger partial charge in [-0.3, -0.25) is 0 Å². The van der Waals surface area contributed by atoms with Crippen molar-refractivity contribution in [2.24, 2.45) is 0 Å². The smallest absolute Gasteiger partial charge is 0.240 e. The van der Waals surface area contributed by atoms with Crippen LogP contribution < -0.4 is 22.8 Å². The molecule has 0 aliphatic heterocycles. The number of para-hydroxylation sites is 4. The van der Waals surface area contributed by atoms with Gasteiger partial charge in [0.1, 0.15) is 56.1 Å². The molecule has 0 fully saturated rings. The minimum atomic E-state index is -0.877. The van der Waals surface area contributed by atoms with Crippen LogP contribution in [0.15, 0.2) is 267 Å². The summed E-state index contributed by atoms with van der Waals surface area (Å²) in [7, 11) is 0. The van der Waals surface area contributed by atoms with E-state index in [1.165, 1.54) is 124 Å². The van der Waals surface area contributed by atoms with Crippen LogP contribution >= 0.6 is 0 Å². The van der Waals surface area contributed by atoms with Gasteiger partial charge in [-0.15, -0.1) is 0 Å². The molecule has 0 N–H and O–H groups in total. The quantitative estimate of drug-likeness (QED) is 0.148. The first-order chi connectivity index (χ1) is 65.6. The van der Waals surface area contributed by atoms with E-state index >= 15 is 0 Å². The average Bonchev–Trinajstić information content (AvgIpc) is 0.705. The molecule has 730 valence electrons. The molecule has 0 bridgehead atoms. The summed E-state index contributed by atoms with van der Waals surface area (Å²) in [6, 6.07) is 93.0. The van der Waals surface area contributed by atoms with Crippen LogP contribution in [-0.2, 0) is 54.8 Å². The molecule has 17 aromatic rings. The average molecular weight is 1880 g/mol. The minimum absolute atomic E-state index is 0.0123. The SMILES string of the molecule is CC(C)(C)c1ccccc1-c1c(-c2ccccc2)nc2ccccc2[n+]1C(C)(C)C.Cc1cc2nc(-c3ccccc3)c(-c3ccccc3C(C)(C)C)[n+](C(C)(C)C)c2cc1C.Cc1cc2nc(C)c(-c3ccccc3C(C)(C)C)[n+](C(C)(C)C)c2cc1C.Cc1nc2cc(F)c(F)cc2[n+](C(C)(C)C)c1-c1ccccc1C(C)(C)C.Cc1nc2ccccc2[n+](C(C)(C)C)c1-c1ccccc1C(C)(C)C. The Bertz CT molecular complexity index is 7350. The van der Waals surface area contributed by atoms with Gasteiger partial charge < -0.3 is 0 Å². The van der Waals surface area contributed by atoms with Crippen LogP contribution in [0.2, 0.25) is 0 Å². The second kappa shape index (κ2) is 39.9. The van der Waals surface area contributed by atoms with E-state index in [1.807, 2.05) is 19.1 Å². The Morgan fingerprint density at radius 1 is 0.191 bits per heavy atom. The predicted octanol–water partition coefficient (Wildman–Crippen LogP) is 32.0. The molecule has 0 saturated heterocycles. The fourth-order valence-corrected chi connectivity index (χ4v) is 20.0. The summed E-state index contributed by atoms with van der Waals surface area (Å²) in [5.74, 6) is -1.74. The molecule has 0 aliphatic carbocycles. The number of halogens is 2. The topological polar surface area (TPSA) is 83.8 Å². The molecule has 0 atom stereocenters. The van der Waals surface area contributed by atoms with Crippen LogP contribution in [0.3, 0.4) is 0 Å². The number of aromatic nitrogens is 10. The van der Waals surface area contributed by atoms with E-state index in [2.05, 4.69) is 520 Å². The molecule has 0 radical (unpaired) electrons. The Morgan fingerprint density at radius 3 is 0.702 bits per heavy atom. The third kappa shape index (κ3) is 22.7. The van der Waals surface area contributed by atoms with Crippen molar-refractivity contribution >= 4 is 55.2 Å². The molecule has 141 heavy (non-hydrogen) atoms. The van der Waals surface area contributed by atoms with E-state index in [1.54, 1.807) is 0 Å². The van der Waals surface area contributed by atoms with Crippen LogP contribution in [0.4, 0.5) is 8.78 Å². The second-order valence-electron chi connectivity index (χ2n) is 48.6. The first-order valence-corrected chi connectivity index (χ1v) is 50.3. The van der Waals surface area contributed by atoms with E-state index in [9.17, 15) is 8.78 Å². The maximum atomic E-state index is 14.1. The van der Waals surface area contributed by atoms with Crippen molar-refractivity contribution in [3.63, 3.8) is 0 Å². The zero-order valence-corrected chi connectivity index (χ0v) is 91.6. The van der Waals surface area contributed by atoms with Crippen LogP contribution in [0.1, 0.15) is 275 Å².